The SMILES string of the molecule is Nc1c(C(=O)Nc2ccc(S(=O)(=O)N3CCOCC3)cc2)cccc1N1CCOCC1. The monoisotopic (exact) mass is 446 g/mol. The predicted molar refractivity (Wildman–Crippen MR) is 118 cm³/mol. The Kier molecular flexibility index (Phi) is 6.42. The highest BCUT2D eigenvalue weighted by Gasteiger charge is 2.26. The molecule has 0 bridgehead atoms. The highest BCUT2D eigenvalue weighted by molar-refractivity contribution is 7.89. The first kappa shape index (κ1) is 21.6. The lowest BCUT2D eigenvalue weighted by Crippen LogP contribution is -2.40. The Morgan fingerprint density at radius 1 is 0.903 bits per heavy atom. The van der Waals surface area contributed by atoms with Gasteiger partial charge in [-0.05, 0) is 36.4 Å². The van der Waals surface area contributed by atoms with Gasteiger partial charge in [0.05, 0.1) is 48.3 Å². The molecule has 2 aromatic rings. The molecule has 10 heteroatoms. The molecule has 0 spiro atoms. The summed E-state index contributed by atoms with van der Waals surface area (Å²) >= 11 is 0. The molecule has 9 nitrogen and oxygen atoms in total. The third-order valence-electron chi connectivity index (χ3n) is 5.40. The highest BCUT2D eigenvalue weighted by atomic mass is 32.2. The normalized spacial score (nSPS) is 18.0. The first-order valence-electron chi connectivity index (χ1n) is 10.2. The second kappa shape index (κ2) is 9.23. The van der Waals surface area contributed by atoms with Gasteiger partial charge in [0.1, 0.15) is 0 Å². The zero-order chi connectivity index (χ0) is 21.8. The van der Waals surface area contributed by atoms with Gasteiger partial charge in [-0.2, -0.15) is 4.31 Å². The van der Waals surface area contributed by atoms with E-state index in [4.69, 9.17) is 15.2 Å². The van der Waals surface area contributed by atoms with Crippen molar-refractivity contribution in [1.82, 2.24) is 4.31 Å². The molecule has 2 fully saturated rings. The van der Waals surface area contributed by atoms with Gasteiger partial charge < -0.3 is 25.4 Å². The van der Waals surface area contributed by atoms with Crippen molar-refractivity contribution in [3.8, 4) is 0 Å². The van der Waals surface area contributed by atoms with E-state index in [1.165, 1.54) is 16.4 Å². The summed E-state index contributed by atoms with van der Waals surface area (Å²) in [4.78, 5) is 15.1. The van der Waals surface area contributed by atoms with Gasteiger partial charge >= 0.3 is 0 Å². The summed E-state index contributed by atoms with van der Waals surface area (Å²) in [7, 11) is -3.58. The lowest BCUT2D eigenvalue weighted by atomic mass is 10.1. The largest absolute Gasteiger partial charge is 0.396 e. The number of nitrogens with two attached hydrogens (primary N) is 1. The van der Waals surface area contributed by atoms with Crippen LogP contribution in [-0.2, 0) is 19.5 Å². The molecule has 2 saturated heterocycles. The second-order valence-electron chi connectivity index (χ2n) is 7.33. The zero-order valence-electron chi connectivity index (χ0n) is 17.1. The molecule has 0 unspecified atom stereocenters. The van der Waals surface area contributed by atoms with Gasteiger partial charge in [-0.25, -0.2) is 8.42 Å². The average molecular weight is 447 g/mol. The topological polar surface area (TPSA) is 114 Å². The van der Waals surface area contributed by atoms with E-state index in [0.29, 0.717) is 69.5 Å². The average Bonchev–Trinajstić information content (AvgIpc) is 2.80. The maximum absolute atomic E-state index is 12.8. The number of hydrogen-bond acceptors (Lipinski definition) is 7. The summed E-state index contributed by atoms with van der Waals surface area (Å²) in [5.74, 6) is -0.351. The number of nitrogens with one attached hydrogen (secondary N) is 1. The summed E-state index contributed by atoms with van der Waals surface area (Å²) in [6, 6.07) is 11.5. The van der Waals surface area contributed by atoms with E-state index in [1.807, 2.05) is 6.07 Å². The van der Waals surface area contributed by atoms with E-state index >= 15 is 0 Å². The van der Waals surface area contributed by atoms with Crippen molar-refractivity contribution < 1.29 is 22.7 Å². The van der Waals surface area contributed by atoms with Crippen molar-refractivity contribution in [3.05, 3.63) is 48.0 Å². The first-order valence-corrected chi connectivity index (χ1v) is 11.6. The number of para-hydroxylation sites is 1. The van der Waals surface area contributed by atoms with Gasteiger partial charge in [-0.15, -0.1) is 0 Å². The molecule has 0 aromatic heterocycles. The standard InChI is InChI=1S/C21H26N4O5S/c22-20-18(2-1-3-19(20)24-8-12-29-13-9-24)21(26)23-16-4-6-17(7-5-16)31(27,28)25-10-14-30-15-11-25/h1-7H,8-15,22H2,(H,23,26). The van der Waals surface area contributed by atoms with Gasteiger partial charge in [0, 0.05) is 31.9 Å². The van der Waals surface area contributed by atoms with Crippen molar-refractivity contribution in [1.29, 1.82) is 0 Å². The molecule has 0 aliphatic carbocycles. The van der Waals surface area contributed by atoms with Crippen molar-refractivity contribution in [3.63, 3.8) is 0 Å². The number of nitrogen functional groups attached to an aromatic ring is 1. The summed E-state index contributed by atoms with van der Waals surface area (Å²) in [6.07, 6.45) is 0. The van der Waals surface area contributed by atoms with E-state index in [1.54, 1.807) is 24.3 Å². The van der Waals surface area contributed by atoms with Crippen LogP contribution in [0.2, 0.25) is 0 Å². The number of morpholine rings is 2. The van der Waals surface area contributed by atoms with Crippen LogP contribution in [0, 0.1) is 0 Å². The summed E-state index contributed by atoms with van der Waals surface area (Å²) in [6.45, 7) is 4.11. The zero-order valence-corrected chi connectivity index (χ0v) is 17.9. The number of ether oxygens (including phenoxy) is 2. The van der Waals surface area contributed by atoms with Crippen LogP contribution < -0.4 is 16.0 Å². The lowest BCUT2D eigenvalue weighted by Gasteiger charge is -2.30. The Hall–Kier alpha value is -2.66. The van der Waals surface area contributed by atoms with Gasteiger partial charge in [0.25, 0.3) is 5.91 Å². The fraction of sp³-hybridized carbons (Fsp3) is 0.381. The van der Waals surface area contributed by atoms with Gasteiger partial charge in [0.2, 0.25) is 10.0 Å². The number of anilines is 3. The molecule has 3 N–H and O–H groups in total. The Bertz CT molecular complexity index is 1030. The van der Waals surface area contributed by atoms with Gasteiger partial charge in [0.15, 0.2) is 0 Å². The minimum absolute atomic E-state index is 0.182. The van der Waals surface area contributed by atoms with E-state index < -0.39 is 10.0 Å². The Morgan fingerprint density at radius 3 is 2.16 bits per heavy atom. The fourth-order valence-electron chi connectivity index (χ4n) is 3.68. The van der Waals surface area contributed by atoms with Gasteiger partial charge in [-0.3, -0.25) is 4.79 Å². The van der Waals surface area contributed by atoms with Crippen LogP contribution in [0.25, 0.3) is 0 Å². The van der Waals surface area contributed by atoms with Crippen LogP contribution in [0.1, 0.15) is 10.4 Å². The number of sulfonamides is 1. The molecule has 1 amide bonds. The fourth-order valence-corrected chi connectivity index (χ4v) is 5.08. The van der Waals surface area contributed by atoms with E-state index in [-0.39, 0.29) is 10.8 Å². The summed E-state index contributed by atoms with van der Waals surface area (Å²) in [5.41, 5.74) is 8.37. The number of carbonyl (C=O) groups excluding carboxylic acids is 1. The van der Waals surface area contributed by atoms with Crippen LogP contribution in [-0.4, -0.2) is 71.2 Å². The molecule has 0 saturated carbocycles. The van der Waals surface area contributed by atoms with Crippen LogP contribution in [0.3, 0.4) is 0 Å². The molecule has 166 valence electrons. The molecular weight excluding hydrogens is 420 g/mol. The molecule has 2 aromatic carbocycles. The maximum Gasteiger partial charge on any atom is 0.257 e. The predicted octanol–water partition coefficient (Wildman–Crippen LogP) is 1.38. The Balaban J connectivity index is 1.48. The second-order valence-corrected chi connectivity index (χ2v) is 9.27. The Morgan fingerprint density at radius 2 is 1.52 bits per heavy atom. The molecule has 4 rings (SSSR count). The Labute approximate surface area is 181 Å². The van der Waals surface area contributed by atoms with E-state index in [2.05, 4.69) is 10.2 Å². The molecule has 31 heavy (non-hydrogen) atoms. The number of amides is 1. The first-order chi connectivity index (χ1) is 15.0. The van der Waals surface area contributed by atoms with Gasteiger partial charge in [-0.1, -0.05) is 6.07 Å². The molecule has 0 atom stereocenters. The smallest absolute Gasteiger partial charge is 0.257 e. The molecule has 0 radical (unpaired) electrons. The molecular formula is C21H26N4O5S. The van der Waals surface area contributed by atoms with Crippen molar-refractivity contribution in [2.75, 3.05) is 68.6 Å². The van der Waals surface area contributed by atoms with Crippen LogP contribution in [0.15, 0.2) is 47.4 Å². The number of carbonyl (C=O) groups is 1. The summed E-state index contributed by atoms with van der Waals surface area (Å²) < 4.78 is 37.5. The van der Waals surface area contributed by atoms with E-state index in [0.717, 1.165) is 5.69 Å². The number of hydrogen-bond donors (Lipinski definition) is 2. The quantitative estimate of drug-likeness (QED) is 0.667. The van der Waals surface area contributed by atoms with Crippen molar-refractivity contribution >= 4 is 33.0 Å². The minimum atomic E-state index is -3.58. The third kappa shape index (κ3) is 4.67. The van der Waals surface area contributed by atoms with Crippen molar-refractivity contribution in [2.45, 2.75) is 4.90 Å². The number of rotatable bonds is 5. The number of nitrogens with zero attached hydrogens (tertiary/aromatic N) is 2. The maximum atomic E-state index is 12.8. The van der Waals surface area contributed by atoms with Crippen LogP contribution in [0.5, 0.6) is 0 Å². The molecule has 2 aliphatic heterocycles. The minimum Gasteiger partial charge on any atom is -0.396 e. The highest BCUT2D eigenvalue weighted by Crippen LogP contribution is 2.28. The third-order valence-corrected chi connectivity index (χ3v) is 7.31. The number of benzene rings is 2. The van der Waals surface area contributed by atoms with Crippen LogP contribution in [0.4, 0.5) is 17.1 Å². The molecule has 2 heterocycles. The van der Waals surface area contributed by atoms with Crippen molar-refractivity contribution in [2.24, 2.45) is 0 Å². The lowest BCUT2D eigenvalue weighted by molar-refractivity contribution is 0.0730. The summed E-state index contributed by atoms with van der Waals surface area (Å²) in [5, 5.41) is 2.80. The molecule has 2 aliphatic rings. The van der Waals surface area contributed by atoms with Crippen LogP contribution >= 0.6 is 0 Å². The van der Waals surface area contributed by atoms with E-state index in [9.17, 15) is 13.2 Å².